The van der Waals surface area contributed by atoms with Crippen LogP contribution in [0.25, 0.3) is 11.3 Å². The minimum Gasteiger partial charge on any atom is -0.383 e. The van der Waals surface area contributed by atoms with Gasteiger partial charge in [0.2, 0.25) is 0 Å². The van der Waals surface area contributed by atoms with Gasteiger partial charge >= 0.3 is 0 Å². The standard InChI is InChI=1S/C13H17N3/c1-4-10-7-5-6-8-11(10)12-13(14)16(3)9(2)15-12/h5-8H,4,14H2,1-3H3. The molecule has 0 spiro atoms. The summed E-state index contributed by atoms with van der Waals surface area (Å²) in [5.74, 6) is 1.68. The largest absolute Gasteiger partial charge is 0.383 e. The molecule has 0 saturated heterocycles. The molecular formula is C13H17N3. The molecule has 3 nitrogen and oxygen atoms in total. The fraction of sp³-hybridized carbons (Fsp3) is 0.308. The maximum atomic E-state index is 6.06. The van der Waals surface area contributed by atoms with Gasteiger partial charge in [0.15, 0.2) is 0 Å². The Morgan fingerprint density at radius 3 is 2.56 bits per heavy atom. The van der Waals surface area contributed by atoms with E-state index in [-0.39, 0.29) is 0 Å². The third-order valence-corrected chi connectivity index (χ3v) is 3.02. The van der Waals surface area contributed by atoms with E-state index in [2.05, 4.69) is 24.0 Å². The summed E-state index contributed by atoms with van der Waals surface area (Å²) >= 11 is 0. The third-order valence-electron chi connectivity index (χ3n) is 3.02. The van der Waals surface area contributed by atoms with Crippen molar-refractivity contribution < 1.29 is 0 Å². The van der Waals surface area contributed by atoms with E-state index < -0.39 is 0 Å². The van der Waals surface area contributed by atoms with Crippen molar-refractivity contribution in [1.82, 2.24) is 9.55 Å². The summed E-state index contributed by atoms with van der Waals surface area (Å²) < 4.78 is 1.92. The molecule has 1 aromatic carbocycles. The van der Waals surface area contributed by atoms with Crippen LogP contribution < -0.4 is 5.73 Å². The molecule has 16 heavy (non-hydrogen) atoms. The van der Waals surface area contributed by atoms with Gasteiger partial charge in [-0.2, -0.15) is 0 Å². The lowest BCUT2D eigenvalue weighted by atomic mass is 10.0. The highest BCUT2D eigenvalue weighted by Gasteiger charge is 2.13. The smallest absolute Gasteiger partial charge is 0.131 e. The number of nitrogen functional groups attached to an aromatic ring is 1. The summed E-state index contributed by atoms with van der Waals surface area (Å²) in [4.78, 5) is 4.53. The normalized spacial score (nSPS) is 10.7. The van der Waals surface area contributed by atoms with Crippen LogP contribution >= 0.6 is 0 Å². The van der Waals surface area contributed by atoms with E-state index in [0.717, 1.165) is 29.3 Å². The van der Waals surface area contributed by atoms with Crippen molar-refractivity contribution in [1.29, 1.82) is 0 Å². The van der Waals surface area contributed by atoms with E-state index >= 15 is 0 Å². The third kappa shape index (κ3) is 1.58. The fourth-order valence-corrected chi connectivity index (χ4v) is 1.89. The summed E-state index contributed by atoms with van der Waals surface area (Å²) in [6.07, 6.45) is 0.991. The van der Waals surface area contributed by atoms with Crippen molar-refractivity contribution in [2.75, 3.05) is 5.73 Å². The van der Waals surface area contributed by atoms with Crippen molar-refractivity contribution in [3.63, 3.8) is 0 Å². The molecule has 2 rings (SSSR count). The van der Waals surface area contributed by atoms with Gasteiger partial charge in [-0.05, 0) is 18.9 Å². The summed E-state index contributed by atoms with van der Waals surface area (Å²) in [5, 5.41) is 0. The molecule has 1 heterocycles. The topological polar surface area (TPSA) is 43.8 Å². The Morgan fingerprint density at radius 2 is 2.00 bits per heavy atom. The van der Waals surface area contributed by atoms with Crippen LogP contribution in [-0.4, -0.2) is 9.55 Å². The number of aryl methyl sites for hydroxylation is 2. The predicted octanol–water partition coefficient (Wildman–Crippen LogP) is 2.54. The molecule has 2 N–H and O–H groups in total. The average molecular weight is 215 g/mol. The van der Waals surface area contributed by atoms with Gasteiger partial charge in [0, 0.05) is 12.6 Å². The summed E-state index contributed by atoms with van der Waals surface area (Å²) in [7, 11) is 1.94. The van der Waals surface area contributed by atoms with Gasteiger partial charge in [0.1, 0.15) is 17.3 Å². The Bertz CT molecular complexity index is 512. The van der Waals surface area contributed by atoms with Crippen LogP contribution in [-0.2, 0) is 13.5 Å². The Kier molecular flexibility index (Phi) is 2.69. The van der Waals surface area contributed by atoms with Crippen LogP contribution in [0.15, 0.2) is 24.3 Å². The summed E-state index contributed by atoms with van der Waals surface area (Å²) in [6, 6.07) is 8.28. The number of hydrogen-bond acceptors (Lipinski definition) is 2. The first-order chi connectivity index (χ1) is 7.65. The zero-order valence-corrected chi connectivity index (χ0v) is 9.99. The van der Waals surface area contributed by atoms with Crippen molar-refractivity contribution in [2.45, 2.75) is 20.3 Å². The number of hydrogen-bond donors (Lipinski definition) is 1. The molecule has 1 aromatic heterocycles. The van der Waals surface area contributed by atoms with E-state index in [0.29, 0.717) is 0 Å². The molecule has 0 aliphatic heterocycles. The molecule has 0 bridgehead atoms. The first kappa shape index (κ1) is 10.7. The van der Waals surface area contributed by atoms with E-state index in [1.54, 1.807) is 0 Å². The predicted molar refractivity (Wildman–Crippen MR) is 67.2 cm³/mol. The second kappa shape index (κ2) is 4.00. The second-order valence-electron chi connectivity index (χ2n) is 3.96. The van der Waals surface area contributed by atoms with Gasteiger partial charge in [-0.3, -0.25) is 0 Å². The van der Waals surface area contributed by atoms with Crippen molar-refractivity contribution in [2.24, 2.45) is 7.05 Å². The number of rotatable bonds is 2. The number of imidazole rings is 1. The summed E-state index contributed by atoms with van der Waals surface area (Å²) in [6.45, 7) is 4.11. The molecule has 0 aliphatic carbocycles. The zero-order valence-electron chi connectivity index (χ0n) is 9.99. The molecule has 0 radical (unpaired) electrons. The number of benzene rings is 1. The fourth-order valence-electron chi connectivity index (χ4n) is 1.89. The van der Waals surface area contributed by atoms with Crippen LogP contribution in [0.1, 0.15) is 18.3 Å². The van der Waals surface area contributed by atoms with Crippen molar-refractivity contribution in [3.8, 4) is 11.3 Å². The van der Waals surface area contributed by atoms with Gasteiger partial charge in [-0.15, -0.1) is 0 Å². The SMILES string of the molecule is CCc1ccccc1-c1nc(C)n(C)c1N. The first-order valence-electron chi connectivity index (χ1n) is 5.52. The second-order valence-corrected chi connectivity index (χ2v) is 3.96. The average Bonchev–Trinajstić information content (AvgIpc) is 2.57. The van der Waals surface area contributed by atoms with Gasteiger partial charge in [-0.1, -0.05) is 31.2 Å². The number of aromatic nitrogens is 2. The zero-order chi connectivity index (χ0) is 11.7. The maximum absolute atomic E-state index is 6.06. The molecule has 0 aliphatic rings. The summed E-state index contributed by atoms with van der Waals surface area (Å²) in [5.41, 5.74) is 9.39. The lowest BCUT2D eigenvalue weighted by Crippen LogP contribution is -1.98. The monoisotopic (exact) mass is 215 g/mol. The van der Waals surface area contributed by atoms with Crippen molar-refractivity contribution in [3.05, 3.63) is 35.7 Å². The van der Waals surface area contributed by atoms with Crippen LogP contribution in [0.5, 0.6) is 0 Å². The van der Waals surface area contributed by atoms with E-state index in [1.807, 2.05) is 30.7 Å². The van der Waals surface area contributed by atoms with Gasteiger partial charge in [0.25, 0.3) is 0 Å². The van der Waals surface area contributed by atoms with Crippen molar-refractivity contribution >= 4 is 5.82 Å². The Balaban J connectivity index is 2.63. The minimum atomic E-state index is 0.735. The van der Waals surface area contributed by atoms with E-state index in [9.17, 15) is 0 Å². The van der Waals surface area contributed by atoms with Crippen LogP contribution in [0.3, 0.4) is 0 Å². The number of anilines is 1. The number of nitrogens with two attached hydrogens (primary N) is 1. The van der Waals surface area contributed by atoms with E-state index in [1.165, 1.54) is 5.56 Å². The highest BCUT2D eigenvalue weighted by molar-refractivity contribution is 5.73. The molecule has 0 saturated carbocycles. The Morgan fingerprint density at radius 1 is 1.31 bits per heavy atom. The molecule has 2 aromatic rings. The molecule has 3 heteroatoms. The minimum absolute atomic E-state index is 0.735. The molecule has 84 valence electrons. The van der Waals surface area contributed by atoms with Crippen LogP contribution in [0, 0.1) is 6.92 Å². The lowest BCUT2D eigenvalue weighted by Gasteiger charge is -2.05. The highest BCUT2D eigenvalue weighted by Crippen LogP contribution is 2.28. The lowest BCUT2D eigenvalue weighted by molar-refractivity contribution is 0.868. The van der Waals surface area contributed by atoms with Crippen LogP contribution in [0.4, 0.5) is 5.82 Å². The molecule has 0 unspecified atom stereocenters. The van der Waals surface area contributed by atoms with Gasteiger partial charge < -0.3 is 10.3 Å². The number of nitrogens with zero attached hydrogens (tertiary/aromatic N) is 2. The van der Waals surface area contributed by atoms with Crippen LogP contribution in [0.2, 0.25) is 0 Å². The van der Waals surface area contributed by atoms with E-state index in [4.69, 9.17) is 5.73 Å². The maximum Gasteiger partial charge on any atom is 0.131 e. The molecular weight excluding hydrogens is 198 g/mol. The first-order valence-corrected chi connectivity index (χ1v) is 5.52. The molecule has 0 atom stereocenters. The highest BCUT2D eigenvalue weighted by atomic mass is 15.1. The quantitative estimate of drug-likeness (QED) is 0.836. The van der Waals surface area contributed by atoms with Gasteiger partial charge in [0.05, 0.1) is 0 Å². The van der Waals surface area contributed by atoms with Gasteiger partial charge in [-0.25, -0.2) is 4.98 Å². The molecule has 0 amide bonds. The molecule has 0 fully saturated rings. The Labute approximate surface area is 95.9 Å². The Hall–Kier alpha value is -1.77.